The largest absolute Gasteiger partial charge is 0.573 e. The van der Waals surface area contributed by atoms with E-state index < -0.39 is 34.0 Å². The highest BCUT2D eigenvalue weighted by Crippen LogP contribution is 2.28. The zero-order chi connectivity index (χ0) is 14.1. The minimum atomic E-state index is -5.04. The number of sulfone groups is 1. The Morgan fingerprint density at radius 3 is 2.22 bits per heavy atom. The van der Waals surface area contributed by atoms with Crippen molar-refractivity contribution in [1.82, 2.24) is 0 Å². The molecule has 0 heterocycles. The van der Waals surface area contributed by atoms with Gasteiger partial charge in [-0.3, -0.25) is 0 Å². The summed E-state index contributed by atoms with van der Waals surface area (Å²) in [6.07, 6.45) is -4.36. The molecule has 1 aromatic rings. The van der Waals surface area contributed by atoms with E-state index >= 15 is 0 Å². The molecule has 0 saturated heterocycles. The molecule has 18 heavy (non-hydrogen) atoms. The Morgan fingerprint density at radius 2 is 1.83 bits per heavy atom. The van der Waals surface area contributed by atoms with Crippen LogP contribution in [0.1, 0.15) is 0 Å². The van der Waals surface area contributed by atoms with Crippen LogP contribution in [-0.4, -0.2) is 38.2 Å². The lowest BCUT2D eigenvalue weighted by molar-refractivity contribution is -0.275. The van der Waals surface area contributed by atoms with Crippen molar-refractivity contribution in [2.45, 2.75) is 11.3 Å². The molecule has 100 valence electrons. The van der Waals surface area contributed by atoms with Crippen LogP contribution in [0.25, 0.3) is 0 Å². The Hall–Kier alpha value is -1.26. The fourth-order valence-electron chi connectivity index (χ4n) is 1.18. The molecule has 0 aliphatic carbocycles. The van der Waals surface area contributed by atoms with Gasteiger partial charge in [-0.05, 0) is 17.6 Å². The minimum absolute atomic E-state index is 0.259. The Labute approximate surface area is 101 Å². The molecule has 0 radical (unpaired) electrons. The van der Waals surface area contributed by atoms with Gasteiger partial charge in [0.05, 0.1) is 0 Å². The van der Waals surface area contributed by atoms with Gasteiger partial charge in [0, 0.05) is 6.26 Å². The second-order valence-corrected chi connectivity index (χ2v) is 5.38. The smallest absolute Gasteiger partial charge is 0.423 e. The molecule has 0 aliphatic rings. The van der Waals surface area contributed by atoms with Crippen LogP contribution >= 0.6 is 0 Å². The summed E-state index contributed by atoms with van der Waals surface area (Å²) in [7, 11) is -6.00. The summed E-state index contributed by atoms with van der Waals surface area (Å²) in [5.41, 5.74) is -0.259. The summed E-state index contributed by atoms with van der Waals surface area (Å²) in [5.74, 6) is -0.922. The van der Waals surface area contributed by atoms with Crippen molar-refractivity contribution in [2.75, 3.05) is 6.26 Å². The molecular weight excluding hydrogens is 276 g/mol. The molecule has 0 atom stereocenters. The summed E-state index contributed by atoms with van der Waals surface area (Å²) >= 11 is 0. The maximum absolute atomic E-state index is 12.1. The molecule has 10 heteroatoms. The lowest BCUT2D eigenvalue weighted by Gasteiger charge is -2.13. The van der Waals surface area contributed by atoms with Crippen LogP contribution in [-0.2, 0) is 9.84 Å². The predicted molar refractivity (Wildman–Crippen MR) is 56.1 cm³/mol. The second-order valence-electron chi connectivity index (χ2n) is 3.40. The van der Waals surface area contributed by atoms with E-state index in [0.29, 0.717) is 18.4 Å². The van der Waals surface area contributed by atoms with Crippen molar-refractivity contribution in [1.29, 1.82) is 0 Å². The lowest BCUT2D eigenvalue weighted by Crippen LogP contribution is -2.30. The highest BCUT2D eigenvalue weighted by molar-refractivity contribution is 7.90. The fourth-order valence-corrected chi connectivity index (χ4v) is 2.01. The van der Waals surface area contributed by atoms with Crippen LogP contribution < -0.4 is 10.2 Å². The molecule has 5 nitrogen and oxygen atoms in total. The van der Waals surface area contributed by atoms with Crippen LogP contribution in [0.2, 0.25) is 0 Å². The Morgan fingerprint density at radius 1 is 1.28 bits per heavy atom. The molecule has 0 aromatic heterocycles. The van der Waals surface area contributed by atoms with E-state index in [1.807, 2.05) is 0 Å². The highest BCUT2D eigenvalue weighted by Gasteiger charge is 2.33. The number of hydrogen-bond acceptors (Lipinski definition) is 5. The van der Waals surface area contributed by atoms with Gasteiger partial charge in [-0.1, -0.05) is 6.07 Å². The topological polar surface area (TPSA) is 83.8 Å². The first kappa shape index (κ1) is 14.8. The van der Waals surface area contributed by atoms with Crippen molar-refractivity contribution in [3.63, 3.8) is 0 Å². The van der Waals surface area contributed by atoms with E-state index in [2.05, 4.69) is 4.74 Å². The number of hydrogen-bond donors (Lipinski definition) is 2. The Balaban J connectivity index is 3.36. The van der Waals surface area contributed by atoms with Gasteiger partial charge in [-0.25, -0.2) is 8.42 Å². The molecule has 1 aromatic carbocycles. The summed E-state index contributed by atoms with van der Waals surface area (Å²) in [4.78, 5) is -0.773. The highest BCUT2D eigenvalue weighted by atomic mass is 32.2. The predicted octanol–water partition coefficient (Wildman–Crippen LogP) is -0.332. The molecule has 0 spiro atoms. The van der Waals surface area contributed by atoms with Crippen molar-refractivity contribution >= 4 is 22.4 Å². The van der Waals surface area contributed by atoms with Gasteiger partial charge in [0.2, 0.25) is 0 Å². The zero-order valence-electron chi connectivity index (χ0n) is 8.97. The average Bonchev–Trinajstić information content (AvgIpc) is 2.13. The molecule has 0 bridgehead atoms. The van der Waals surface area contributed by atoms with Gasteiger partial charge in [-0.2, -0.15) is 0 Å². The van der Waals surface area contributed by atoms with Gasteiger partial charge < -0.3 is 14.8 Å². The number of halogens is 3. The summed E-state index contributed by atoms with van der Waals surface area (Å²) in [6, 6.07) is 2.33. The summed E-state index contributed by atoms with van der Waals surface area (Å²) < 4.78 is 62.3. The third-order valence-corrected chi connectivity index (χ3v) is 3.01. The number of rotatable bonds is 3. The average molecular weight is 284 g/mol. The monoisotopic (exact) mass is 284 g/mol. The van der Waals surface area contributed by atoms with E-state index in [-0.39, 0.29) is 5.46 Å². The van der Waals surface area contributed by atoms with Crippen LogP contribution in [0, 0.1) is 0 Å². The molecule has 0 amide bonds. The van der Waals surface area contributed by atoms with Crippen LogP contribution in [0.5, 0.6) is 5.75 Å². The first-order valence-electron chi connectivity index (χ1n) is 4.46. The summed E-state index contributed by atoms with van der Waals surface area (Å²) in [5, 5.41) is 17.7. The quantitative estimate of drug-likeness (QED) is 0.742. The Kier molecular flexibility index (Phi) is 3.94. The maximum Gasteiger partial charge on any atom is 0.573 e. The van der Waals surface area contributed by atoms with E-state index in [0.717, 1.165) is 6.07 Å². The van der Waals surface area contributed by atoms with Crippen molar-refractivity contribution in [2.24, 2.45) is 0 Å². The van der Waals surface area contributed by atoms with E-state index in [9.17, 15) is 21.6 Å². The number of ether oxygens (including phenoxy) is 1. The fraction of sp³-hybridized carbons (Fsp3) is 0.250. The molecular formula is C8H8BF3O5S. The van der Waals surface area contributed by atoms with Crippen molar-refractivity contribution in [3.05, 3.63) is 18.2 Å². The standard InChI is InChI=1S/C8H8BF3O5S/c1-18(15,16)7-4-5(9(13)14)2-3-6(7)17-8(10,11)12/h2-4,13-14H,1H3. The van der Waals surface area contributed by atoms with Gasteiger partial charge in [0.25, 0.3) is 0 Å². The van der Waals surface area contributed by atoms with Gasteiger partial charge >= 0.3 is 13.5 Å². The molecule has 1 rings (SSSR count). The van der Waals surface area contributed by atoms with Crippen molar-refractivity contribution in [3.8, 4) is 5.75 Å². The van der Waals surface area contributed by atoms with Gasteiger partial charge in [0.1, 0.15) is 10.6 Å². The number of benzene rings is 1. The number of alkyl halides is 3. The third kappa shape index (κ3) is 3.89. The maximum atomic E-state index is 12.1. The van der Waals surface area contributed by atoms with Crippen LogP contribution in [0.4, 0.5) is 13.2 Å². The van der Waals surface area contributed by atoms with Crippen molar-refractivity contribution < 1.29 is 36.4 Å². The normalized spacial score (nSPS) is 12.3. The zero-order valence-corrected chi connectivity index (χ0v) is 9.79. The first-order chi connectivity index (χ1) is 8.00. The van der Waals surface area contributed by atoms with Gasteiger partial charge in [0.15, 0.2) is 9.84 Å². The second kappa shape index (κ2) is 4.79. The summed E-state index contributed by atoms with van der Waals surface area (Å²) in [6.45, 7) is 0. The van der Waals surface area contributed by atoms with E-state index in [1.54, 1.807) is 0 Å². The van der Waals surface area contributed by atoms with Crippen LogP contribution in [0.3, 0.4) is 0 Å². The molecule has 2 N–H and O–H groups in total. The van der Waals surface area contributed by atoms with E-state index in [4.69, 9.17) is 10.0 Å². The van der Waals surface area contributed by atoms with Gasteiger partial charge in [-0.15, -0.1) is 13.2 Å². The molecule has 0 fully saturated rings. The van der Waals surface area contributed by atoms with E-state index in [1.165, 1.54) is 0 Å². The SMILES string of the molecule is CS(=O)(=O)c1cc(B(O)O)ccc1OC(F)(F)F. The third-order valence-electron chi connectivity index (χ3n) is 1.89. The lowest BCUT2D eigenvalue weighted by atomic mass is 9.80. The first-order valence-corrected chi connectivity index (χ1v) is 6.36. The molecule has 0 saturated carbocycles. The minimum Gasteiger partial charge on any atom is -0.423 e. The molecule has 0 unspecified atom stereocenters. The van der Waals surface area contributed by atoms with Crippen LogP contribution in [0.15, 0.2) is 23.1 Å². The molecule has 0 aliphatic heterocycles. The Bertz CT molecular complexity index is 540.